The molecule has 1 aliphatic rings. The Bertz CT molecular complexity index is 840. The fourth-order valence-corrected chi connectivity index (χ4v) is 2.78. The number of pyridine rings is 1. The van der Waals surface area contributed by atoms with Gasteiger partial charge in [-0.15, -0.1) is 12.4 Å². The molecule has 0 fully saturated rings. The zero-order valence-corrected chi connectivity index (χ0v) is 12.4. The van der Waals surface area contributed by atoms with Gasteiger partial charge in [-0.3, -0.25) is 4.79 Å². The predicted molar refractivity (Wildman–Crippen MR) is 86.5 cm³/mol. The summed E-state index contributed by atoms with van der Waals surface area (Å²) < 4.78 is 1.95. The molecule has 0 atom stereocenters. The van der Waals surface area contributed by atoms with Crippen LogP contribution in [0.4, 0.5) is 5.69 Å². The largest absolute Gasteiger partial charge is 0.506 e. The number of hydrogen-bond acceptors (Lipinski definition) is 3. The summed E-state index contributed by atoms with van der Waals surface area (Å²) >= 11 is 0. The number of amides is 1. The van der Waals surface area contributed by atoms with Gasteiger partial charge in [0, 0.05) is 24.4 Å². The van der Waals surface area contributed by atoms with Crippen molar-refractivity contribution in [2.24, 2.45) is 0 Å². The van der Waals surface area contributed by atoms with Crippen LogP contribution in [0.15, 0.2) is 42.7 Å². The van der Waals surface area contributed by atoms with Gasteiger partial charge in [-0.25, -0.2) is 4.98 Å². The number of imidazole rings is 1. The average Bonchev–Trinajstić information content (AvgIpc) is 2.92. The van der Waals surface area contributed by atoms with Crippen molar-refractivity contribution >= 4 is 29.6 Å². The minimum atomic E-state index is -0.0649. The number of nitrogens with one attached hydrogen (secondary N) is 1. The van der Waals surface area contributed by atoms with E-state index in [2.05, 4.69) is 10.3 Å². The highest BCUT2D eigenvalue weighted by Gasteiger charge is 2.22. The lowest BCUT2D eigenvalue weighted by Gasteiger charge is -2.20. The molecule has 1 aliphatic heterocycles. The van der Waals surface area contributed by atoms with Crippen molar-refractivity contribution in [3.8, 4) is 17.0 Å². The Morgan fingerprint density at radius 1 is 1.18 bits per heavy atom. The second kappa shape index (κ2) is 5.35. The van der Waals surface area contributed by atoms with Gasteiger partial charge >= 0.3 is 0 Å². The van der Waals surface area contributed by atoms with Crippen molar-refractivity contribution < 1.29 is 9.90 Å². The number of anilines is 1. The lowest BCUT2D eigenvalue weighted by atomic mass is 9.95. The predicted octanol–water partition coefficient (Wildman–Crippen LogP) is 3.01. The zero-order chi connectivity index (χ0) is 14.4. The Balaban J connectivity index is 0.00000144. The molecule has 4 rings (SSSR count). The average molecular weight is 316 g/mol. The number of aromatic nitrogens is 2. The van der Waals surface area contributed by atoms with Gasteiger partial charge in [0.2, 0.25) is 5.91 Å². The fourth-order valence-electron chi connectivity index (χ4n) is 2.78. The van der Waals surface area contributed by atoms with Gasteiger partial charge in [-0.05, 0) is 36.2 Å². The molecular weight excluding hydrogens is 302 g/mol. The van der Waals surface area contributed by atoms with Crippen molar-refractivity contribution in [2.75, 3.05) is 5.32 Å². The molecule has 0 unspecified atom stereocenters. The van der Waals surface area contributed by atoms with E-state index in [1.807, 2.05) is 41.1 Å². The van der Waals surface area contributed by atoms with Gasteiger partial charge < -0.3 is 14.8 Å². The Morgan fingerprint density at radius 2 is 2.05 bits per heavy atom. The van der Waals surface area contributed by atoms with E-state index in [1.165, 1.54) is 0 Å². The number of carbonyl (C=O) groups is 1. The molecule has 0 saturated carbocycles. The second-order valence-electron chi connectivity index (χ2n) is 5.13. The first-order valence-electron chi connectivity index (χ1n) is 6.81. The lowest BCUT2D eigenvalue weighted by molar-refractivity contribution is -0.116. The molecule has 5 nitrogen and oxygen atoms in total. The summed E-state index contributed by atoms with van der Waals surface area (Å²) in [6.07, 6.45) is 4.94. The number of benzene rings is 1. The van der Waals surface area contributed by atoms with Crippen LogP contribution in [0, 0.1) is 0 Å². The summed E-state index contributed by atoms with van der Waals surface area (Å²) in [4.78, 5) is 16.1. The minimum Gasteiger partial charge on any atom is -0.506 e. The molecule has 6 heteroatoms. The van der Waals surface area contributed by atoms with Gasteiger partial charge in [0.15, 0.2) is 0 Å². The smallest absolute Gasteiger partial charge is 0.224 e. The molecule has 2 aromatic heterocycles. The normalized spacial score (nSPS) is 13.4. The van der Waals surface area contributed by atoms with Crippen LogP contribution in [-0.4, -0.2) is 20.4 Å². The van der Waals surface area contributed by atoms with Gasteiger partial charge in [0.1, 0.15) is 11.4 Å². The van der Waals surface area contributed by atoms with Gasteiger partial charge in [-0.1, -0.05) is 6.07 Å². The highest BCUT2D eigenvalue weighted by molar-refractivity contribution is 5.97. The van der Waals surface area contributed by atoms with E-state index in [1.54, 1.807) is 6.07 Å². The quantitative estimate of drug-likeness (QED) is 0.678. The third-order valence-corrected chi connectivity index (χ3v) is 3.80. The Labute approximate surface area is 133 Å². The van der Waals surface area contributed by atoms with Gasteiger partial charge in [0.05, 0.1) is 11.4 Å². The van der Waals surface area contributed by atoms with Crippen LogP contribution in [0.2, 0.25) is 0 Å². The molecule has 112 valence electrons. The standard InChI is InChI=1S/C16H13N3O2.ClH/c20-13-6-4-10(11-5-7-15(21)18-16(11)13)12-9-19-8-2-1-3-14(19)17-12;/h1-4,6,8-9,20H,5,7H2,(H,18,21);1H. The maximum Gasteiger partial charge on any atom is 0.224 e. The van der Waals surface area contributed by atoms with Crippen LogP contribution in [0.5, 0.6) is 5.75 Å². The number of nitrogens with zero attached hydrogens (tertiary/aromatic N) is 2. The molecule has 0 radical (unpaired) electrons. The van der Waals surface area contributed by atoms with E-state index in [0.29, 0.717) is 18.5 Å². The molecule has 0 bridgehead atoms. The number of carbonyl (C=O) groups excluding carboxylic acids is 1. The molecule has 0 aliphatic carbocycles. The van der Waals surface area contributed by atoms with Crippen molar-refractivity contribution in [3.05, 3.63) is 48.3 Å². The zero-order valence-electron chi connectivity index (χ0n) is 11.6. The molecular formula is C16H14ClN3O2. The van der Waals surface area contributed by atoms with E-state index in [-0.39, 0.29) is 24.1 Å². The first-order valence-corrected chi connectivity index (χ1v) is 6.81. The Morgan fingerprint density at radius 3 is 2.86 bits per heavy atom. The summed E-state index contributed by atoms with van der Waals surface area (Å²) in [5.41, 5.74) is 4.12. The van der Waals surface area contributed by atoms with E-state index in [0.717, 1.165) is 22.5 Å². The summed E-state index contributed by atoms with van der Waals surface area (Å²) in [6.45, 7) is 0. The molecule has 0 spiro atoms. The fraction of sp³-hybridized carbons (Fsp3) is 0.125. The number of phenols is 1. The third-order valence-electron chi connectivity index (χ3n) is 3.80. The molecule has 2 N–H and O–H groups in total. The molecule has 3 aromatic rings. The second-order valence-corrected chi connectivity index (χ2v) is 5.13. The van der Waals surface area contributed by atoms with Crippen molar-refractivity contribution in [1.82, 2.24) is 9.38 Å². The highest BCUT2D eigenvalue weighted by Crippen LogP contribution is 2.38. The van der Waals surface area contributed by atoms with Crippen LogP contribution in [0.3, 0.4) is 0 Å². The SMILES string of the molecule is Cl.O=C1CCc2c(-c3cn4ccccc4n3)ccc(O)c2N1. The number of rotatable bonds is 1. The van der Waals surface area contributed by atoms with E-state index < -0.39 is 0 Å². The molecule has 0 saturated heterocycles. The third kappa shape index (κ3) is 2.19. The summed E-state index contributed by atoms with van der Waals surface area (Å²) in [6, 6.07) is 9.29. The molecule has 22 heavy (non-hydrogen) atoms. The highest BCUT2D eigenvalue weighted by atomic mass is 35.5. The van der Waals surface area contributed by atoms with Crippen molar-refractivity contribution in [2.45, 2.75) is 12.8 Å². The van der Waals surface area contributed by atoms with Crippen molar-refractivity contribution in [3.63, 3.8) is 0 Å². The summed E-state index contributed by atoms with van der Waals surface area (Å²) in [5, 5.41) is 12.7. The van der Waals surface area contributed by atoms with E-state index in [9.17, 15) is 9.90 Å². The maximum atomic E-state index is 11.5. The number of halogens is 1. The van der Waals surface area contributed by atoms with Crippen molar-refractivity contribution in [1.29, 1.82) is 0 Å². The molecule has 1 aromatic carbocycles. The minimum absolute atomic E-state index is 0. The van der Waals surface area contributed by atoms with Crippen LogP contribution >= 0.6 is 12.4 Å². The summed E-state index contributed by atoms with van der Waals surface area (Å²) in [7, 11) is 0. The Kier molecular flexibility index (Phi) is 3.50. The van der Waals surface area contributed by atoms with E-state index in [4.69, 9.17) is 0 Å². The number of aromatic hydroxyl groups is 1. The number of fused-ring (bicyclic) bond motifs is 2. The molecule has 3 heterocycles. The maximum absolute atomic E-state index is 11.5. The first-order chi connectivity index (χ1) is 10.2. The van der Waals surface area contributed by atoms with Crippen LogP contribution in [0.1, 0.15) is 12.0 Å². The summed E-state index contributed by atoms with van der Waals surface area (Å²) in [5.74, 6) is 0.0375. The molecule has 1 amide bonds. The topological polar surface area (TPSA) is 66.6 Å². The first kappa shape index (κ1) is 14.4. The van der Waals surface area contributed by atoms with E-state index >= 15 is 0 Å². The van der Waals surface area contributed by atoms with Crippen LogP contribution < -0.4 is 5.32 Å². The monoisotopic (exact) mass is 315 g/mol. The Hall–Kier alpha value is -2.53. The van der Waals surface area contributed by atoms with Crippen LogP contribution in [-0.2, 0) is 11.2 Å². The van der Waals surface area contributed by atoms with Gasteiger partial charge in [-0.2, -0.15) is 0 Å². The van der Waals surface area contributed by atoms with Gasteiger partial charge in [0.25, 0.3) is 0 Å². The lowest BCUT2D eigenvalue weighted by Crippen LogP contribution is -2.19. The van der Waals surface area contributed by atoms with Crippen LogP contribution in [0.25, 0.3) is 16.9 Å². The number of phenolic OH excluding ortho intramolecular Hbond substituents is 1. The number of hydrogen-bond donors (Lipinski definition) is 2.